The fraction of sp³-hybridized carbons (Fsp3) is 0.538. The van der Waals surface area contributed by atoms with Gasteiger partial charge in [-0.05, 0) is 26.3 Å². The Morgan fingerprint density at radius 2 is 2.25 bits per heavy atom. The minimum Gasteiger partial charge on any atom is -0.370 e. The van der Waals surface area contributed by atoms with Crippen LogP contribution in [0.5, 0.6) is 0 Å². The number of rotatable bonds is 7. The van der Waals surface area contributed by atoms with Gasteiger partial charge in [-0.25, -0.2) is 4.98 Å². The summed E-state index contributed by atoms with van der Waals surface area (Å²) in [5.74, 6) is 0.934. The highest BCUT2D eigenvalue weighted by Gasteiger charge is 2.14. The highest BCUT2D eigenvalue weighted by atomic mass is 35.5. The first-order chi connectivity index (χ1) is 9.43. The van der Waals surface area contributed by atoms with Crippen LogP contribution in [-0.2, 0) is 10.8 Å². The van der Waals surface area contributed by atoms with Crippen molar-refractivity contribution < 1.29 is 9.00 Å². The molecule has 1 amide bonds. The SMILES string of the molecule is CCNc1cc(C(=O)NC(C)CCS(C)=O)c(Cl)cn1. The predicted molar refractivity (Wildman–Crippen MR) is 83.9 cm³/mol. The lowest BCUT2D eigenvalue weighted by Crippen LogP contribution is -2.33. The summed E-state index contributed by atoms with van der Waals surface area (Å²) in [5, 5.41) is 6.20. The molecule has 2 N–H and O–H groups in total. The van der Waals surface area contributed by atoms with Gasteiger partial charge in [0.25, 0.3) is 5.91 Å². The number of nitrogens with one attached hydrogen (secondary N) is 2. The molecule has 1 heterocycles. The van der Waals surface area contributed by atoms with Crippen molar-refractivity contribution in [2.75, 3.05) is 23.9 Å². The molecule has 1 aromatic rings. The fourth-order valence-electron chi connectivity index (χ4n) is 1.61. The zero-order valence-electron chi connectivity index (χ0n) is 11.9. The molecule has 0 aliphatic carbocycles. The first-order valence-corrected chi connectivity index (χ1v) is 8.54. The van der Waals surface area contributed by atoms with E-state index < -0.39 is 10.8 Å². The van der Waals surface area contributed by atoms with Gasteiger partial charge in [0.15, 0.2) is 0 Å². The molecule has 112 valence electrons. The van der Waals surface area contributed by atoms with Crippen molar-refractivity contribution in [3.8, 4) is 0 Å². The van der Waals surface area contributed by atoms with Gasteiger partial charge in [-0.3, -0.25) is 9.00 Å². The van der Waals surface area contributed by atoms with E-state index >= 15 is 0 Å². The van der Waals surface area contributed by atoms with Crippen molar-refractivity contribution in [3.63, 3.8) is 0 Å². The lowest BCUT2D eigenvalue weighted by atomic mass is 10.2. The summed E-state index contributed by atoms with van der Waals surface area (Å²) in [6.45, 7) is 4.54. The van der Waals surface area contributed by atoms with E-state index in [0.717, 1.165) is 0 Å². The summed E-state index contributed by atoms with van der Waals surface area (Å²) < 4.78 is 11.0. The highest BCUT2D eigenvalue weighted by molar-refractivity contribution is 7.84. The maximum atomic E-state index is 12.2. The molecule has 0 radical (unpaired) electrons. The van der Waals surface area contributed by atoms with E-state index in [4.69, 9.17) is 11.6 Å². The number of hydrogen-bond donors (Lipinski definition) is 2. The average Bonchev–Trinajstić information content (AvgIpc) is 2.38. The molecule has 0 saturated heterocycles. The second kappa shape index (κ2) is 8.21. The molecule has 0 saturated carbocycles. The number of aromatic nitrogens is 1. The molecular formula is C13H20ClN3O2S. The van der Waals surface area contributed by atoms with Crippen molar-refractivity contribution in [1.29, 1.82) is 0 Å². The van der Waals surface area contributed by atoms with Gasteiger partial charge in [0.05, 0.1) is 10.6 Å². The standard InChI is InChI=1S/C13H20ClN3O2S/c1-4-15-12-7-10(11(14)8-16-12)13(18)17-9(2)5-6-20(3)19/h7-9H,4-6H2,1-3H3,(H,15,16)(H,17,18). The van der Waals surface area contributed by atoms with Gasteiger partial charge in [0.2, 0.25) is 0 Å². The number of anilines is 1. The zero-order chi connectivity index (χ0) is 15.1. The normalized spacial score (nSPS) is 13.6. The molecule has 0 aromatic carbocycles. The van der Waals surface area contributed by atoms with Gasteiger partial charge < -0.3 is 10.6 Å². The van der Waals surface area contributed by atoms with E-state index in [2.05, 4.69) is 15.6 Å². The van der Waals surface area contributed by atoms with E-state index in [-0.39, 0.29) is 11.9 Å². The van der Waals surface area contributed by atoms with Crippen molar-refractivity contribution >= 4 is 34.1 Å². The number of carbonyl (C=O) groups is 1. The molecule has 0 bridgehead atoms. The summed E-state index contributed by atoms with van der Waals surface area (Å²) in [7, 11) is -0.854. The summed E-state index contributed by atoms with van der Waals surface area (Å²) >= 11 is 6.00. The molecule has 2 atom stereocenters. The van der Waals surface area contributed by atoms with Gasteiger partial charge in [-0.15, -0.1) is 0 Å². The topological polar surface area (TPSA) is 71.1 Å². The largest absolute Gasteiger partial charge is 0.370 e. The van der Waals surface area contributed by atoms with Crippen molar-refractivity contribution in [3.05, 3.63) is 22.8 Å². The van der Waals surface area contributed by atoms with Crippen LogP contribution >= 0.6 is 11.6 Å². The molecule has 7 heteroatoms. The summed E-state index contributed by atoms with van der Waals surface area (Å²) in [4.78, 5) is 16.2. The van der Waals surface area contributed by atoms with Crippen molar-refractivity contribution in [2.45, 2.75) is 26.3 Å². The molecule has 0 fully saturated rings. The molecule has 0 spiro atoms. The molecule has 0 aliphatic rings. The van der Waals surface area contributed by atoms with Gasteiger partial charge in [0, 0.05) is 41.6 Å². The van der Waals surface area contributed by atoms with Crippen LogP contribution in [0.15, 0.2) is 12.3 Å². The Bertz CT molecular complexity index is 497. The van der Waals surface area contributed by atoms with Crippen LogP contribution in [0.1, 0.15) is 30.6 Å². The van der Waals surface area contributed by atoms with E-state index in [1.54, 1.807) is 12.3 Å². The van der Waals surface area contributed by atoms with Gasteiger partial charge in [-0.1, -0.05) is 11.6 Å². The maximum Gasteiger partial charge on any atom is 0.253 e. The summed E-state index contributed by atoms with van der Waals surface area (Å²) in [5.41, 5.74) is 0.391. The molecule has 1 rings (SSSR count). The van der Waals surface area contributed by atoms with Crippen molar-refractivity contribution in [1.82, 2.24) is 10.3 Å². The molecule has 20 heavy (non-hydrogen) atoms. The number of amides is 1. The second-order valence-corrected chi connectivity index (χ2v) is 6.48. The second-order valence-electron chi connectivity index (χ2n) is 4.52. The molecule has 0 aliphatic heterocycles. The van der Waals surface area contributed by atoms with E-state index in [1.165, 1.54) is 6.20 Å². The summed E-state index contributed by atoms with van der Waals surface area (Å²) in [6.07, 6.45) is 3.77. The van der Waals surface area contributed by atoms with E-state index in [0.29, 0.717) is 35.1 Å². The monoisotopic (exact) mass is 317 g/mol. The number of halogens is 1. The Balaban J connectivity index is 2.71. The van der Waals surface area contributed by atoms with Crippen molar-refractivity contribution in [2.24, 2.45) is 0 Å². The maximum absolute atomic E-state index is 12.2. The van der Waals surface area contributed by atoms with Crippen LogP contribution in [0, 0.1) is 0 Å². The first kappa shape index (κ1) is 16.9. The lowest BCUT2D eigenvalue weighted by molar-refractivity contribution is 0.0939. The zero-order valence-corrected chi connectivity index (χ0v) is 13.5. The third kappa shape index (κ3) is 5.46. The quantitative estimate of drug-likeness (QED) is 0.807. The molecule has 1 aromatic heterocycles. The van der Waals surface area contributed by atoms with E-state index in [9.17, 15) is 9.00 Å². The Kier molecular flexibility index (Phi) is 6.95. The van der Waals surface area contributed by atoms with Crippen LogP contribution in [0.2, 0.25) is 5.02 Å². The Morgan fingerprint density at radius 3 is 2.85 bits per heavy atom. The van der Waals surface area contributed by atoms with Gasteiger partial charge in [0.1, 0.15) is 5.82 Å². The molecule has 2 unspecified atom stereocenters. The van der Waals surface area contributed by atoms with Crippen LogP contribution in [-0.4, -0.2) is 39.7 Å². The van der Waals surface area contributed by atoms with Gasteiger partial charge >= 0.3 is 0 Å². The minimum absolute atomic E-state index is 0.0572. The van der Waals surface area contributed by atoms with Crippen LogP contribution in [0.25, 0.3) is 0 Å². The van der Waals surface area contributed by atoms with Crippen LogP contribution in [0.3, 0.4) is 0 Å². The lowest BCUT2D eigenvalue weighted by Gasteiger charge is -2.14. The smallest absolute Gasteiger partial charge is 0.253 e. The number of hydrogen-bond acceptors (Lipinski definition) is 4. The van der Waals surface area contributed by atoms with Gasteiger partial charge in [-0.2, -0.15) is 0 Å². The average molecular weight is 318 g/mol. The Labute approximate surface area is 127 Å². The number of pyridine rings is 1. The van der Waals surface area contributed by atoms with Crippen LogP contribution < -0.4 is 10.6 Å². The third-order valence-electron chi connectivity index (χ3n) is 2.67. The third-order valence-corrected chi connectivity index (χ3v) is 3.79. The minimum atomic E-state index is -0.854. The summed E-state index contributed by atoms with van der Waals surface area (Å²) in [6, 6.07) is 1.57. The predicted octanol–water partition coefficient (Wildman–Crippen LogP) is 2.05. The number of nitrogens with zero attached hydrogens (tertiary/aromatic N) is 1. The van der Waals surface area contributed by atoms with E-state index in [1.807, 2.05) is 13.8 Å². The Hall–Kier alpha value is -1.14. The molecular weight excluding hydrogens is 298 g/mol. The molecule has 5 nitrogen and oxygen atoms in total. The van der Waals surface area contributed by atoms with Crippen LogP contribution in [0.4, 0.5) is 5.82 Å². The first-order valence-electron chi connectivity index (χ1n) is 6.44. The number of carbonyl (C=O) groups excluding carboxylic acids is 1. The fourth-order valence-corrected chi connectivity index (χ4v) is 2.48. The Morgan fingerprint density at radius 1 is 1.55 bits per heavy atom. The highest BCUT2D eigenvalue weighted by Crippen LogP contribution is 2.18.